The summed E-state index contributed by atoms with van der Waals surface area (Å²) in [4.78, 5) is 12.5. The fraction of sp³-hybridized carbons (Fsp3) is 0.667. The molecule has 0 saturated carbocycles. The van der Waals surface area contributed by atoms with Gasteiger partial charge in [-0.3, -0.25) is 9.48 Å². The highest BCUT2D eigenvalue weighted by atomic mass is 79.9. The zero-order chi connectivity index (χ0) is 13.8. The second kappa shape index (κ2) is 6.45. The quantitative estimate of drug-likeness (QED) is 0.781. The van der Waals surface area contributed by atoms with Crippen molar-refractivity contribution in [2.24, 2.45) is 5.73 Å². The number of methoxy groups -OCH3 is 1. The van der Waals surface area contributed by atoms with E-state index >= 15 is 0 Å². The molecule has 2 N–H and O–H groups in total. The Morgan fingerprint density at radius 3 is 2.67 bits per heavy atom. The van der Waals surface area contributed by atoms with Crippen molar-refractivity contribution in [3.8, 4) is 0 Å². The molecule has 0 radical (unpaired) electrons. The van der Waals surface area contributed by atoms with Gasteiger partial charge in [-0.25, -0.2) is 0 Å². The van der Waals surface area contributed by atoms with Gasteiger partial charge in [0.25, 0.3) is 0 Å². The summed E-state index contributed by atoms with van der Waals surface area (Å²) < 4.78 is 7.33. The molecule has 6 heteroatoms. The molecule has 1 aromatic rings. The normalized spacial score (nSPS) is 11.8. The number of ketones is 1. The number of halogens is 1. The molecule has 0 fully saturated rings. The van der Waals surface area contributed by atoms with Crippen molar-refractivity contribution >= 4 is 21.7 Å². The number of nitrogens with two attached hydrogens (primary N) is 1. The Balaban J connectivity index is 3.08. The van der Waals surface area contributed by atoms with Crippen molar-refractivity contribution in [1.29, 1.82) is 0 Å². The number of carbonyl (C=O) groups is 1. The molecular formula is C12H20BrN3O2. The molecule has 18 heavy (non-hydrogen) atoms. The number of carbonyl (C=O) groups excluding carboxylic acids is 1. The average molecular weight is 318 g/mol. The summed E-state index contributed by atoms with van der Waals surface area (Å²) in [5.41, 5.74) is 5.86. The Labute approximate surface area is 116 Å². The summed E-state index contributed by atoms with van der Waals surface area (Å²) >= 11 is 3.36. The summed E-state index contributed by atoms with van der Waals surface area (Å²) in [5.74, 6) is -0.0759. The van der Waals surface area contributed by atoms with E-state index in [1.807, 2.05) is 13.8 Å². The molecule has 1 rings (SSSR count). The van der Waals surface area contributed by atoms with Gasteiger partial charge in [-0.15, -0.1) is 0 Å². The zero-order valence-corrected chi connectivity index (χ0v) is 12.7. The predicted molar refractivity (Wildman–Crippen MR) is 73.6 cm³/mol. The zero-order valence-electron chi connectivity index (χ0n) is 11.1. The smallest absolute Gasteiger partial charge is 0.201 e. The molecule has 0 saturated heterocycles. The van der Waals surface area contributed by atoms with Crippen LogP contribution in [0, 0.1) is 0 Å². The van der Waals surface area contributed by atoms with E-state index in [1.54, 1.807) is 18.0 Å². The van der Waals surface area contributed by atoms with Crippen LogP contribution < -0.4 is 5.73 Å². The fourth-order valence-corrected chi connectivity index (χ4v) is 2.22. The average Bonchev–Trinajstić information content (AvgIpc) is 2.75. The van der Waals surface area contributed by atoms with Gasteiger partial charge < -0.3 is 10.5 Å². The van der Waals surface area contributed by atoms with Gasteiger partial charge in [-0.05, 0) is 28.8 Å². The molecule has 0 aliphatic heterocycles. The largest absolute Gasteiger partial charge is 0.383 e. The highest BCUT2D eigenvalue weighted by molar-refractivity contribution is 9.10. The van der Waals surface area contributed by atoms with Crippen molar-refractivity contribution in [3.05, 3.63) is 16.4 Å². The first-order valence-electron chi connectivity index (χ1n) is 6.04. The monoisotopic (exact) mass is 317 g/mol. The second-order valence-electron chi connectivity index (χ2n) is 4.25. The van der Waals surface area contributed by atoms with Crippen LogP contribution >= 0.6 is 15.9 Å². The van der Waals surface area contributed by atoms with E-state index in [9.17, 15) is 4.79 Å². The minimum absolute atomic E-state index is 0.0759. The van der Waals surface area contributed by atoms with Crippen LogP contribution in [0.15, 0.2) is 10.7 Å². The molecule has 102 valence electrons. The van der Waals surface area contributed by atoms with Crippen LogP contribution in [0.25, 0.3) is 0 Å². The van der Waals surface area contributed by atoms with Crippen molar-refractivity contribution < 1.29 is 9.53 Å². The summed E-state index contributed by atoms with van der Waals surface area (Å²) in [6.45, 7) is 4.88. The van der Waals surface area contributed by atoms with Crippen LogP contribution in [0.3, 0.4) is 0 Å². The first kappa shape index (κ1) is 15.3. The van der Waals surface area contributed by atoms with Gasteiger partial charge in [0.2, 0.25) is 5.78 Å². The summed E-state index contributed by atoms with van der Waals surface area (Å²) in [6.07, 6.45) is 2.82. The maximum Gasteiger partial charge on any atom is 0.201 e. The SMILES string of the molecule is CCC(N)(CC)C(=O)c1c(Br)cnn1CCOC. The lowest BCUT2D eigenvalue weighted by Crippen LogP contribution is -2.47. The van der Waals surface area contributed by atoms with Crippen LogP contribution in [0.2, 0.25) is 0 Å². The maximum atomic E-state index is 12.5. The maximum absolute atomic E-state index is 12.5. The lowest BCUT2D eigenvalue weighted by atomic mass is 9.87. The first-order chi connectivity index (χ1) is 8.50. The van der Waals surface area contributed by atoms with Gasteiger partial charge in [-0.1, -0.05) is 13.8 Å². The van der Waals surface area contributed by atoms with Crippen molar-refractivity contribution in [1.82, 2.24) is 9.78 Å². The van der Waals surface area contributed by atoms with Gasteiger partial charge in [0.1, 0.15) is 5.69 Å². The van der Waals surface area contributed by atoms with E-state index in [-0.39, 0.29) is 5.78 Å². The fourth-order valence-electron chi connectivity index (χ4n) is 1.74. The Morgan fingerprint density at radius 2 is 2.17 bits per heavy atom. The van der Waals surface area contributed by atoms with Gasteiger partial charge >= 0.3 is 0 Å². The molecule has 0 aliphatic carbocycles. The third kappa shape index (κ3) is 2.99. The molecule has 1 aromatic heterocycles. The number of ether oxygens (including phenoxy) is 1. The molecule has 1 heterocycles. The molecule has 0 amide bonds. The first-order valence-corrected chi connectivity index (χ1v) is 6.83. The van der Waals surface area contributed by atoms with Crippen LogP contribution in [-0.2, 0) is 11.3 Å². The van der Waals surface area contributed by atoms with Gasteiger partial charge in [-0.2, -0.15) is 5.10 Å². The lowest BCUT2D eigenvalue weighted by Gasteiger charge is -2.25. The molecule has 0 aliphatic rings. The van der Waals surface area contributed by atoms with Crippen LogP contribution in [0.5, 0.6) is 0 Å². The van der Waals surface area contributed by atoms with Crippen LogP contribution in [0.4, 0.5) is 0 Å². The van der Waals surface area contributed by atoms with E-state index < -0.39 is 5.54 Å². The number of hydrogen-bond donors (Lipinski definition) is 1. The third-order valence-corrected chi connectivity index (χ3v) is 3.81. The van der Waals surface area contributed by atoms with Crippen LogP contribution in [0.1, 0.15) is 37.2 Å². The molecule has 0 bridgehead atoms. The Kier molecular flexibility index (Phi) is 5.49. The minimum atomic E-state index is -0.826. The third-order valence-electron chi connectivity index (χ3n) is 3.23. The highest BCUT2D eigenvalue weighted by Crippen LogP contribution is 2.24. The highest BCUT2D eigenvalue weighted by Gasteiger charge is 2.34. The van der Waals surface area contributed by atoms with Crippen molar-refractivity contribution in [2.75, 3.05) is 13.7 Å². The summed E-state index contributed by atoms with van der Waals surface area (Å²) in [5, 5.41) is 4.17. The van der Waals surface area contributed by atoms with E-state index in [4.69, 9.17) is 10.5 Å². The number of hydrogen-bond acceptors (Lipinski definition) is 4. The second-order valence-corrected chi connectivity index (χ2v) is 5.10. The van der Waals surface area contributed by atoms with Crippen molar-refractivity contribution in [2.45, 2.75) is 38.8 Å². The molecule has 0 aromatic carbocycles. The lowest BCUT2D eigenvalue weighted by molar-refractivity contribution is 0.0863. The van der Waals surface area contributed by atoms with E-state index in [0.717, 1.165) is 0 Å². The Morgan fingerprint density at radius 1 is 1.56 bits per heavy atom. The Hall–Kier alpha value is -0.720. The minimum Gasteiger partial charge on any atom is -0.383 e. The van der Waals surface area contributed by atoms with Gasteiger partial charge in [0.05, 0.1) is 29.4 Å². The van der Waals surface area contributed by atoms with Crippen molar-refractivity contribution in [3.63, 3.8) is 0 Å². The molecule has 0 unspecified atom stereocenters. The standard InChI is InChI=1S/C12H20BrN3O2/c1-4-12(14,5-2)11(17)10-9(13)8-15-16(10)6-7-18-3/h8H,4-7,14H2,1-3H3. The number of Topliss-reactive ketones (excluding diaryl/α,β-unsaturated/α-hetero) is 1. The number of rotatable bonds is 7. The van der Waals surface area contributed by atoms with E-state index in [0.29, 0.717) is 36.2 Å². The number of aromatic nitrogens is 2. The topological polar surface area (TPSA) is 70.1 Å². The molecule has 5 nitrogen and oxygen atoms in total. The number of nitrogens with zero attached hydrogens (tertiary/aromatic N) is 2. The van der Waals surface area contributed by atoms with Gasteiger partial charge in [0, 0.05) is 7.11 Å². The van der Waals surface area contributed by atoms with Gasteiger partial charge in [0.15, 0.2) is 0 Å². The summed E-state index contributed by atoms with van der Waals surface area (Å²) in [7, 11) is 1.62. The molecule has 0 spiro atoms. The molecular weight excluding hydrogens is 298 g/mol. The molecule has 0 atom stereocenters. The van der Waals surface area contributed by atoms with E-state index in [1.165, 1.54) is 0 Å². The Bertz CT molecular complexity index is 413. The van der Waals surface area contributed by atoms with E-state index in [2.05, 4.69) is 21.0 Å². The predicted octanol–water partition coefficient (Wildman–Crippen LogP) is 1.99. The summed E-state index contributed by atoms with van der Waals surface area (Å²) in [6, 6.07) is 0. The van der Waals surface area contributed by atoms with Crippen LogP contribution in [-0.4, -0.2) is 34.8 Å².